The minimum Gasteiger partial charge on any atom is -0.458 e. The third-order valence-corrected chi connectivity index (χ3v) is 9.22. The maximum Gasteiger partial charge on any atom is 0.320 e. The lowest BCUT2D eigenvalue weighted by atomic mass is 9.84. The summed E-state index contributed by atoms with van der Waals surface area (Å²) in [6.07, 6.45) is -1.21. The van der Waals surface area contributed by atoms with Gasteiger partial charge in [0.15, 0.2) is 0 Å². The maximum absolute atomic E-state index is 13.3. The molecule has 0 radical (unpaired) electrons. The topological polar surface area (TPSA) is 108 Å². The van der Waals surface area contributed by atoms with Crippen molar-refractivity contribution in [3.05, 3.63) is 35.6 Å². The Morgan fingerprint density at radius 3 is 2.50 bits per heavy atom. The average Bonchev–Trinajstić information content (AvgIpc) is 3.37. The van der Waals surface area contributed by atoms with Crippen LogP contribution in [-0.2, 0) is 43.7 Å². The number of esters is 2. The van der Waals surface area contributed by atoms with Crippen molar-refractivity contribution in [2.45, 2.75) is 43.3 Å². The molecule has 0 aromatic heterocycles. The van der Waals surface area contributed by atoms with Crippen LogP contribution in [-0.4, -0.2) is 75.6 Å². The van der Waals surface area contributed by atoms with Gasteiger partial charge in [0.2, 0.25) is 0 Å². The van der Waals surface area contributed by atoms with Gasteiger partial charge >= 0.3 is 11.9 Å². The number of ether oxygens (including phenoxy) is 3. The van der Waals surface area contributed by atoms with E-state index in [0.29, 0.717) is 38.3 Å². The fraction of sp³-hybridized carbons (Fsp3) is 0.652. The van der Waals surface area contributed by atoms with Gasteiger partial charge in [-0.25, -0.2) is 4.39 Å². The summed E-state index contributed by atoms with van der Waals surface area (Å²) in [5.74, 6) is -3.53. The van der Waals surface area contributed by atoms with E-state index in [1.165, 1.54) is 24.3 Å². The monoisotopic (exact) mass is 497 g/mol. The zero-order chi connectivity index (χ0) is 24.3. The Kier molecular flexibility index (Phi) is 5.94. The summed E-state index contributed by atoms with van der Waals surface area (Å²) in [6.45, 7) is 5.66. The molecule has 2 saturated carbocycles. The molecule has 2 aliphatic heterocycles. The lowest BCUT2D eigenvalue weighted by molar-refractivity contribution is -0.172. The summed E-state index contributed by atoms with van der Waals surface area (Å²) in [5.41, 5.74) is -0.542. The van der Waals surface area contributed by atoms with Crippen molar-refractivity contribution in [2.75, 3.05) is 32.8 Å². The van der Waals surface area contributed by atoms with E-state index >= 15 is 0 Å². The van der Waals surface area contributed by atoms with Crippen LogP contribution in [0.3, 0.4) is 0 Å². The maximum atomic E-state index is 13.3. The summed E-state index contributed by atoms with van der Waals surface area (Å²) in [6, 6.07) is 5.58. The highest BCUT2D eigenvalue weighted by molar-refractivity contribution is 7.87. The number of hydrogen-bond acceptors (Lipinski definition) is 9. The van der Waals surface area contributed by atoms with E-state index in [1.807, 2.05) is 4.90 Å². The normalized spacial score (nSPS) is 34.2. The minimum absolute atomic E-state index is 0.0624. The van der Waals surface area contributed by atoms with E-state index in [9.17, 15) is 22.4 Å². The molecule has 0 N–H and O–H groups in total. The van der Waals surface area contributed by atoms with E-state index in [1.54, 1.807) is 13.8 Å². The highest BCUT2D eigenvalue weighted by Gasteiger charge is 2.72. The van der Waals surface area contributed by atoms with Crippen LogP contribution in [0.25, 0.3) is 0 Å². The van der Waals surface area contributed by atoms with Crippen molar-refractivity contribution in [3.8, 4) is 0 Å². The van der Waals surface area contributed by atoms with Crippen molar-refractivity contribution < 1.29 is 40.8 Å². The number of hydrogen-bond donors (Lipinski definition) is 0. The Bertz CT molecular complexity index is 1070. The summed E-state index contributed by atoms with van der Waals surface area (Å²) in [4.78, 5) is 27.9. The number of carbonyl (C=O) groups excluding carboxylic acids is 2. The van der Waals surface area contributed by atoms with Crippen LogP contribution in [0.5, 0.6) is 0 Å². The third-order valence-electron chi connectivity index (χ3n) is 7.42. The highest BCUT2D eigenvalue weighted by atomic mass is 32.2. The van der Waals surface area contributed by atoms with Crippen LogP contribution in [0.1, 0.15) is 25.8 Å². The van der Waals surface area contributed by atoms with Gasteiger partial charge in [-0.05, 0) is 38.0 Å². The van der Waals surface area contributed by atoms with Gasteiger partial charge in [0, 0.05) is 24.9 Å². The van der Waals surface area contributed by atoms with Gasteiger partial charge in [0.25, 0.3) is 10.1 Å². The Balaban J connectivity index is 1.33. The highest BCUT2D eigenvalue weighted by Crippen LogP contribution is 2.59. The molecular formula is C23H28FNO8S. The van der Waals surface area contributed by atoms with Crippen LogP contribution in [0.15, 0.2) is 24.3 Å². The number of nitrogens with zero attached hydrogens (tertiary/aromatic N) is 1. The quantitative estimate of drug-likeness (QED) is 0.423. The van der Waals surface area contributed by atoms with Crippen molar-refractivity contribution >= 4 is 22.1 Å². The van der Waals surface area contributed by atoms with Gasteiger partial charge in [-0.2, -0.15) is 8.42 Å². The molecule has 6 unspecified atom stereocenters. The van der Waals surface area contributed by atoms with Crippen molar-refractivity contribution in [1.29, 1.82) is 0 Å². The Labute approximate surface area is 197 Å². The van der Waals surface area contributed by atoms with E-state index in [2.05, 4.69) is 0 Å². The van der Waals surface area contributed by atoms with Gasteiger partial charge in [-0.15, -0.1) is 0 Å². The molecular weight excluding hydrogens is 469 g/mol. The molecule has 11 heteroatoms. The van der Waals surface area contributed by atoms with Gasteiger partial charge < -0.3 is 14.2 Å². The molecule has 1 aromatic carbocycles. The molecule has 0 amide bonds. The van der Waals surface area contributed by atoms with Crippen LogP contribution < -0.4 is 0 Å². The van der Waals surface area contributed by atoms with Crippen molar-refractivity contribution in [1.82, 2.24) is 4.90 Å². The van der Waals surface area contributed by atoms with E-state index in [4.69, 9.17) is 18.4 Å². The first kappa shape index (κ1) is 23.7. The zero-order valence-electron chi connectivity index (χ0n) is 19.0. The molecule has 4 fully saturated rings. The molecule has 1 aromatic rings. The standard InChI is InChI=1S/C23H28FNO8S/c1-23(2,13-3-5-14(24)6-4-13)32-22(27)18-15-11-16-20(33-34(28,29)21(16)18)19(15)31-17(26)12-25-7-9-30-10-8-25/h3-6,15-16,18-21H,7-12H2,1-2H3. The number of halogens is 1. The second kappa shape index (κ2) is 8.54. The number of carbonyl (C=O) groups is 2. The predicted octanol–water partition coefficient (Wildman–Crippen LogP) is 1.21. The molecule has 6 atom stereocenters. The smallest absolute Gasteiger partial charge is 0.320 e. The molecule has 2 bridgehead atoms. The van der Waals surface area contributed by atoms with Gasteiger partial charge in [-0.3, -0.25) is 18.7 Å². The number of morpholine rings is 1. The van der Waals surface area contributed by atoms with Crippen molar-refractivity contribution in [2.24, 2.45) is 17.8 Å². The average molecular weight is 498 g/mol. The third kappa shape index (κ3) is 4.12. The molecule has 4 aliphatic rings. The number of fused-ring (bicyclic) bond motifs is 1. The SMILES string of the molecule is CC(C)(OC(=O)C1C2CC3C(OS(=O)(=O)C31)C2OC(=O)CN1CCOCC1)c1ccc(F)cc1. The molecule has 2 saturated heterocycles. The van der Waals surface area contributed by atoms with Gasteiger partial charge in [0.1, 0.15) is 28.9 Å². The molecule has 9 nitrogen and oxygen atoms in total. The fourth-order valence-corrected chi connectivity index (χ4v) is 7.87. The molecule has 34 heavy (non-hydrogen) atoms. The van der Waals surface area contributed by atoms with Gasteiger partial charge in [-0.1, -0.05) is 12.1 Å². The van der Waals surface area contributed by atoms with E-state index in [0.717, 1.165) is 0 Å². The summed E-state index contributed by atoms with van der Waals surface area (Å²) >= 11 is 0. The predicted molar refractivity (Wildman–Crippen MR) is 115 cm³/mol. The molecule has 2 aliphatic carbocycles. The number of benzene rings is 1. The first-order valence-electron chi connectivity index (χ1n) is 11.5. The Morgan fingerprint density at radius 1 is 1.15 bits per heavy atom. The largest absolute Gasteiger partial charge is 0.458 e. The molecule has 186 valence electrons. The van der Waals surface area contributed by atoms with Gasteiger partial charge in [0.05, 0.1) is 25.7 Å². The second-order valence-corrected chi connectivity index (χ2v) is 11.6. The van der Waals surface area contributed by atoms with Crippen LogP contribution in [0, 0.1) is 23.6 Å². The molecule has 5 rings (SSSR count). The number of rotatable bonds is 6. The first-order valence-corrected chi connectivity index (χ1v) is 12.9. The second-order valence-electron chi connectivity index (χ2n) is 9.89. The minimum atomic E-state index is -4.02. The van der Waals surface area contributed by atoms with E-state index in [-0.39, 0.29) is 6.54 Å². The van der Waals surface area contributed by atoms with Crippen LogP contribution in [0.4, 0.5) is 4.39 Å². The molecule has 2 heterocycles. The zero-order valence-corrected chi connectivity index (χ0v) is 19.8. The van der Waals surface area contributed by atoms with E-state index < -0.39 is 68.7 Å². The van der Waals surface area contributed by atoms with Crippen molar-refractivity contribution in [3.63, 3.8) is 0 Å². The van der Waals surface area contributed by atoms with Crippen LogP contribution in [0.2, 0.25) is 0 Å². The van der Waals surface area contributed by atoms with Crippen LogP contribution >= 0.6 is 0 Å². The Morgan fingerprint density at radius 2 is 1.82 bits per heavy atom. The first-order chi connectivity index (χ1) is 16.1. The lowest BCUT2D eigenvalue weighted by Crippen LogP contribution is -2.48. The Hall–Kier alpha value is -2.08. The molecule has 0 spiro atoms. The summed E-state index contributed by atoms with van der Waals surface area (Å²) in [7, 11) is -4.02. The fourth-order valence-electron chi connectivity index (χ4n) is 5.81. The lowest BCUT2D eigenvalue weighted by Gasteiger charge is -2.34. The summed E-state index contributed by atoms with van der Waals surface area (Å²) in [5, 5.41) is -1.02. The summed E-state index contributed by atoms with van der Waals surface area (Å²) < 4.78 is 61.0.